The lowest BCUT2D eigenvalue weighted by Gasteiger charge is -2.20. The molecule has 60 heavy (non-hydrogen) atoms. The molecule has 2 aliphatic carbocycles. The van der Waals surface area contributed by atoms with Gasteiger partial charge in [0.25, 0.3) is 0 Å². The fourth-order valence-corrected chi connectivity index (χ4v) is 9.33. The van der Waals surface area contributed by atoms with Crippen LogP contribution in [0.2, 0.25) is 0 Å². The molecule has 0 bridgehead atoms. The van der Waals surface area contributed by atoms with E-state index in [0.717, 1.165) is 35.6 Å². The minimum atomic E-state index is -0.887. The van der Waals surface area contributed by atoms with E-state index in [1.807, 2.05) is 121 Å². The summed E-state index contributed by atoms with van der Waals surface area (Å²) in [6.45, 7) is 16.9. The van der Waals surface area contributed by atoms with Crippen LogP contribution in [0.25, 0.3) is 0 Å². The van der Waals surface area contributed by atoms with E-state index in [9.17, 15) is 19.2 Å². The molecule has 0 unspecified atom stereocenters. The molecular weight excluding hydrogens is 1300 g/mol. The van der Waals surface area contributed by atoms with Gasteiger partial charge in [-0.25, -0.2) is 19.2 Å². The van der Waals surface area contributed by atoms with Gasteiger partial charge in [-0.15, -0.1) is 0 Å². The summed E-state index contributed by atoms with van der Waals surface area (Å²) in [5.41, 5.74) is 3.47. The van der Waals surface area contributed by atoms with E-state index in [2.05, 4.69) is 105 Å². The molecule has 4 aromatic carbocycles. The molecule has 0 aliphatic heterocycles. The Morgan fingerprint density at radius 2 is 0.833 bits per heavy atom. The maximum atomic E-state index is 12.1. The number of aromatic carboxylic acids is 1. The standard InChI is InChI=1S/C14H17BrO2.C14H17IO2.C11H12BrIO2.C7H4BrIO2/c1-14(2,3)17-13(16)11-7-6-10(15)8-12(11)9-4-5-9;1-14(2,3)17-13(16)11-7-6-10(8-12(11)15)9-4-5-9;1-11(2,3)15-10(14)8-5-4-7(12)6-9(8)13;8-4-1-2-5(7(10)11)6(9)3-4/h2*6-9H,4-5H2,1-3H3;4-6H,1-3H3;1-3H,(H,10,11). The second kappa shape index (κ2) is 22.8. The summed E-state index contributed by atoms with van der Waals surface area (Å²) in [6.07, 6.45) is 4.90. The van der Waals surface area contributed by atoms with Crippen LogP contribution in [0.5, 0.6) is 0 Å². The highest BCUT2D eigenvalue weighted by molar-refractivity contribution is 14.1. The fourth-order valence-electron chi connectivity index (χ4n) is 5.14. The topological polar surface area (TPSA) is 116 Å². The predicted octanol–water partition coefficient (Wildman–Crippen LogP) is 15.2. The molecule has 2 fully saturated rings. The molecule has 0 heterocycles. The van der Waals surface area contributed by atoms with Crippen LogP contribution in [0.15, 0.2) is 86.2 Å². The van der Waals surface area contributed by atoms with E-state index in [1.54, 1.807) is 24.3 Å². The van der Waals surface area contributed by atoms with Crippen molar-refractivity contribution in [1.29, 1.82) is 0 Å². The van der Waals surface area contributed by atoms with Crippen molar-refractivity contribution in [3.63, 3.8) is 0 Å². The molecular formula is C46H50Br3I3O8. The normalized spacial score (nSPS) is 13.5. The first kappa shape index (κ1) is 52.7. The van der Waals surface area contributed by atoms with Gasteiger partial charge in [0, 0.05) is 24.1 Å². The largest absolute Gasteiger partial charge is 0.478 e. The van der Waals surface area contributed by atoms with Gasteiger partial charge in [0.1, 0.15) is 16.8 Å². The summed E-state index contributed by atoms with van der Waals surface area (Å²) in [6, 6.07) is 22.4. The Morgan fingerprint density at radius 1 is 0.500 bits per heavy atom. The highest BCUT2D eigenvalue weighted by Crippen LogP contribution is 2.43. The third kappa shape index (κ3) is 19.0. The van der Waals surface area contributed by atoms with Gasteiger partial charge in [0.2, 0.25) is 0 Å². The Bertz CT molecular complexity index is 2180. The smallest absolute Gasteiger partial charge is 0.339 e. The third-order valence-electron chi connectivity index (χ3n) is 8.02. The summed E-state index contributed by atoms with van der Waals surface area (Å²) < 4.78 is 21.6. The summed E-state index contributed by atoms with van der Waals surface area (Å²) >= 11 is 16.4. The molecule has 8 nitrogen and oxygen atoms in total. The molecule has 1 N–H and O–H groups in total. The molecule has 14 heteroatoms. The molecule has 324 valence electrons. The van der Waals surface area contributed by atoms with Crippen molar-refractivity contribution in [2.24, 2.45) is 0 Å². The summed E-state index contributed by atoms with van der Waals surface area (Å²) in [4.78, 5) is 46.3. The zero-order valence-electron chi connectivity index (χ0n) is 35.0. The molecule has 0 spiro atoms. The number of carboxylic acid groups (broad SMARTS) is 1. The number of hydrogen-bond donors (Lipinski definition) is 1. The van der Waals surface area contributed by atoms with E-state index >= 15 is 0 Å². The lowest BCUT2D eigenvalue weighted by molar-refractivity contribution is 0.00557. The van der Waals surface area contributed by atoms with Crippen LogP contribution in [0.1, 0.15) is 152 Å². The second-order valence-corrected chi connectivity index (χ2v) is 23.3. The van der Waals surface area contributed by atoms with Crippen molar-refractivity contribution in [3.05, 3.63) is 130 Å². The molecule has 0 radical (unpaired) electrons. The molecule has 2 aliphatic rings. The van der Waals surface area contributed by atoms with Gasteiger partial charge in [0.05, 0.1) is 22.3 Å². The Balaban J connectivity index is 0.000000216. The van der Waals surface area contributed by atoms with E-state index < -0.39 is 22.8 Å². The first-order chi connectivity index (χ1) is 27.6. The molecule has 0 saturated heterocycles. The van der Waals surface area contributed by atoms with E-state index in [-0.39, 0.29) is 17.9 Å². The SMILES string of the molecule is CC(C)(C)OC(=O)c1ccc(Br)cc1C1CC1.CC(C)(C)OC(=O)c1ccc(Br)cc1I.CC(C)(C)OC(=O)c1ccc(C2CC2)cc1I.O=C(O)c1ccc(Br)cc1I. The van der Waals surface area contributed by atoms with Gasteiger partial charge in [-0.3, -0.25) is 0 Å². The third-order valence-corrected chi connectivity index (χ3v) is 12.2. The van der Waals surface area contributed by atoms with E-state index in [0.29, 0.717) is 28.2 Å². The maximum absolute atomic E-state index is 12.1. The highest BCUT2D eigenvalue weighted by Gasteiger charge is 2.30. The number of rotatable bonds is 6. The molecule has 2 saturated carbocycles. The van der Waals surface area contributed by atoms with Crippen molar-refractivity contribution < 1.29 is 38.5 Å². The van der Waals surface area contributed by atoms with Crippen LogP contribution in [0, 0.1) is 10.7 Å². The van der Waals surface area contributed by atoms with Gasteiger partial charge in [-0.1, -0.05) is 53.9 Å². The van der Waals surface area contributed by atoms with E-state index in [1.165, 1.54) is 31.2 Å². The van der Waals surface area contributed by atoms with Gasteiger partial charge in [-0.05, 0) is 245 Å². The van der Waals surface area contributed by atoms with Crippen LogP contribution in [0.4, 0.5) is 0 Å². The van der Waals surface area contributed by atoms with Gasteiger partial charge < -0.3 is 19.3 Å². The van der Waals surface area contributed by atoms with Crippen LogP contribution < -0.4 is 0 Å². The summed E-state index contributed by atoms with van der Waals surface area (Å²) in [5.74, 6) is -0.358. The second-order valence-electron chi connectivity index (χ2n) is 17.1. The zero-order valence-corrected chi connectivity index (χ0v) is 46.2. The minimum Gasteiger partial charge on any atom is -0.478 e. The quantitative estimate of drug-likeness (QED) is 0.115. The Kier molecular flexibility index (Phi) is 20.1. The Morgan fingerprint density at radius 3 is 1.18 bits per heavy atom. The van der Waals surface area contributed by atoms with Crippen molar-refractivity contribution in [3.8, 4) is 0 Å². The lowest BCUT2D eigenvalue weighted by Crippen LogP contribution is -2.24. The summed E-state index contributed by atoms with van der Waals surface area (Å²) in [5, 5.41) is 8.64. The Hall–Kier alpha value is -1.61. The highest BCUT2D eigenvalue weighted by atomic mass is 127. The number of carbonyl (C=O) groups excluding carboxylic acids is 3. The lowest BCUT2D eigenvalue weighted by atomic mass is 10.0. The van der Waals surface area contributed by atoms with Crippen LogP contribution in [-0.2, 0) is 14.2 Å². The molecule has 0 amide bonds. The number of carboxylic acids is 1. The number of carbonyl (C=O) groups is 4. The van der Waals surface area contributed by atoms with Crippen molar-refractivity contribution in [2.45, 2.75) is 117 Å². The van der Waals surface area contributed by atoms with Gasteiger partial charge in [-0.2, -0.15) is 0 Å². The monoisotopic (exact) mass is 1350 g/mol. The average molecular weight is 1350 g/mol. The van der Waals surface area contributed by atoms with Crippen LogP contribution in [-0.4, -0.2) is 45.8 Å². The minimum absolute atomic E-state index is 0.216. The maximum Gasteiger partial charge on any atom is 0.339 e. The van der Waals surface area contributed by atoms with E-state index in [4.69, 9.17) is 19.3 Å². The average Bonchev–Trinajstić information content (AvgIpc) is 4.01. The number of halogens is 6. The number of benzene rings is 4. The first-order valence-corrected chi connectivity index (χ1v) is 24.7. The Labute approximate surface area is 420 Å². The fraction of sp³-hybridized carbons (Fsp3) is 0.391. The summed E-state index contributed by atoms with van der Waals surface area (Å²) in [7, 11) is 0. The van der Waals surface area contributed by atoms with Crippen molar-refractivity contribution in [2.75, 3.05) is 0 Å². The predicted molar refractivity (Wildman–Crippen MR) is 273 cm³/mol. The van der Waals surface area contributed by atoms with Crippen molar-refractivity contribution in [1.82, 2.24) is 0 Å². The number of hydrogen-bond acceptors (Lipinski definition) is 7. The number of esters is 3. The molecule has 0 aromatic heterocycles. The van der Waals surface area contributed by atoms with Gasteiger partial charge in [0.15, 0.2) is 0 Å². The number of ether oxygens (including phenoxy) is 3. The van der Waals surface area contributed by atoms with Crippen LogP contribution >= 0.6 is 116 Å². The molecule has 4 aromatic rings. The molecule has 0 atom stereocenters. The van der Waals surface area contributed by atoms with Gasteiger partial charge >= 0.3 is 23.9 Å². The molecule has 6 rings (SSSR count). The first-order valence-electron chi connectivity index (χ1n) is 19.1. The zero-order chi connectivity index (χ0) is 45.3. The van der Waals surface area contributed by atoms with Crippen molar-refractivity contribution >= 4 is 139 Å². The van der Waals surface area contributed by atoms with Crippen LogP contribution in [0.3, 0.4) is 0 Å².